The molecule has 0 aliphatic carbocycles. The van der Waals surface area contributed by atoms with Gasteiger partial charge in [-0.2, -0.15) is 0 Å². The average Bonchev–Trinajstić information content (AvgIpc) is 2.32. The van der Waals surface area contributed by atoms with Gasteiger partial charge in [0.05, 0.1) is 16.8 Å². The van der Waals surface area contributed by atoms with Gasteiger partial charge in [0.15, 0.2) is 0 Å². The molecule has 3 atom stereocenters. The van der Waals surface area contributed by atoms with Crippen molar-refractivity contribution < 1.29 is 5.11 Å². The number of benzene rings is 1. The van der Waals surface area contributed by atoms with Gasteiger partial charge in [0.1, 0.15) is 0 Å². The zero-order valence-electron chi connectivity index (χ0n) is 10.9. The molecular formula is C14H21ClN2O. The van der Waals surface area contributed by atoms with Crippen LogP contribution in [-0.2, 0) is 0 Å². The van der Waals surface area contributed by atoms with Crippen LogP contribution in [0.15, 0.2) is 18.2 Å². The fourth-order valence-corrected chi connectivity index (χ4v) is 2.64. The second-order valence-electron chi connectivity index (χ2n) is 5.28. The van der Waals surface area contributed by atoms with Crippen LogP contribution in [0.1, 0.15) is 31.9 Å². The highest BCUT2D eigenvalue weighted by atomic mass is 35.5. The van der Waals surface area contributed by atoms with Crippen LogP contribution in [0, 0.1) is 5.92 Å². The molecule has 1 heterocycles. The van der Waals surface area contributed by atoms with Crippen LogP contribution in [0.2, 0.25) is 5.02 Å². The predicted molar refractivity (Wildman–Crippen MR) is 76.1 cm³/mol. The van der Waals surface area contributed by atoms with E-state index in [4.69, 9.17) is 17.3 Å². The van der Waals surface area contributed by atoms with Crippen molar-refractivity contribution >= 4 is 17.3 Å². The van der Waals surface area contributed by atoms with Gasteiger partial charge in [0.25, 0.3) is 0 Å². The number of rotatable bonds is 2. The third-order valence-corrected chi connectivity index (χ3v) is 4.06. The van der Waals surface area contributed by atoms with Crippen molar-refractivity contribution in [2.75, 3.05) is 18.0 Å². The number of halogens is 1. The van der Waals surface area contributed by atoms with E-state index in [0.29, 0.717) is 17.5 Å². The number of aliphatic hydroxyl groups is 1. The molecular weight excluding hydrogens is 248 g/mol. The summed E-state index contributed by atoms with van der Waals surface area (Å²) in [5, 5.41) is 10.7. The Hall–Kier alpha value is -0.770. The van der Waals surface area contributed by atoms with Gasteiger partial charge in [-0.3, -0.25) is 0 Å². The van der Waals surface area contributed by atoms with Gasteiger partial charge in [0, 0.05) is 19.1 Å². The van der Waals surface area contributed by atoms with Gasteiger partial charge < -0.3 is 15.7 Å². The highest BCUT2D eigenvalue weighted by Gasteiger charge is 2.25. The van der Waals surface area contributed by atoms with E-state index >= 15 is 0 Å². The number of nitrogens with zero attached hydrogens (tertiary/aromatic N) is 1. The third kappa shape index (κ3) is 2.79. The molecule has 4 heteroatoms. The van der Waals surface area contributed by atoms with Crippen molar-refractivity contribution in [3.05, 3.63) is 28.8 Å². The molecule has 0 spiro atoms. The number of anilines is 1. The van der Waals surface area contributed by atoms with E-state index in [-0.39, 0.29) is 12.1 Å². The molecule has 0 amide bonds. The molecule has 1 aromatic rings. The molecule has 0 bridgehead atoms. The summed E-state index contributed by atoms with van der Waals surface area (Å²) in [7, 11) is 0. The Morgan fingerprint density at radius 1 is 1.50 bits per heavy atom. The van der Waals surface area contributed by atoms with Crippen molar-refractivity contribution in [2.24, 2.45) is 11.7 Å². The second kappa shape index (κ2) is 5.47. The first kappa shape index (κ1) is 13.7. The maximum atomic E-state index is 9.94. The smallest absolute Gasteiger partial charge is 0.0741 e. The van der Waals surface area contributed by atoms with Crippen LogP contribution in [0.5, 0.6) is 0 Å². The Labute approximate surface area is 114 Å². The van der Waals surface area contributed by atoms with Crippen LogP contribution in [-0.4, -0.2) is 24.3 Å². The summed E-state index contributed by atoms with van der Waals surface area (Å²) in [6.45, 7) is 5.62. The van der Waals surface area contributed by atoms with Crippen molar-refractivity contribution in [1.82, 2.24) is 0 Å². The van der Waals surface area contributed by atoms with Crippen molar-refractivity contribution in [3.8, 4) is 0 Å². The number of piperidine rings is 1. The van der Waals surface area contributed by atoms with Gasteiger partial charge in [-0.1, -0.05) is 24.6 Å². The summed E-state index contributed by atoms with van der Waals surface area (Å²) in [6, 6.07) is 5.93. The summed E-state index contributed by atoms with van der Waals surface area (Å²) in [4.78, 5) is 2.15. The highest BCUT2D eigenvalue weighted by Crippen LogP contribution is 2.31. The van der Waals surface area contributed by atoms with E-state index in [9.17, 15) is 5.11 Å². The highest BCUT2D eigenvalue weighted by molar-refractivity contribution is 6.33. The molecule has 3 N–H and O–H groups in total. The SMILES string of the molecule is CC(N)c1ccc(N2CCC(C)C(O)C2)c(Cl)c1. The van der Waals surface area contributed by atoms with Gasteiger partial charge >= 0.3 is 0 Å². The lowest BCUT2D eigenvalue weighted by atomic mass is 9.95. The molecule has 1 saturated heterocycles. The van der Waals surface area contributed by atoms with Crippen LogP contribution in [0.3, 0.4) is 0 Å². The maximum absolute atomic E-state index is 9.94. The van der Waals surface area contributed by atoms with E-state index in [0.717, 1.165) is 24.2 Å². The quantitative estimate of drug-likeness (QED) is 0.867. The van der Waals surface area contributed by atoms with Crippen molar-refractivity contribution in [1.29, 1.82) is 0 Å². The Morgan fingerprint density at radius 2 is 2.22 bits per heavy atom. The fourth-order valence-electron chi connectivity index (χ4n) is 2.33. The van der Waals surface area contributed by atoms with E-state index in [1.54, 1.807) is 0 Å². The normalized spacial score (nSPS) is 26.2. The molecule has 0 aromatic heterocycles. The third-order valence-electron chi connectivity index (χ3n) is 3.76. The first-order valence-electron chi connectivity index (χ1n) is 6.47. The molecule has 3 unspecified atom stereocenters. The first-order valence-corrected chi connectivity index (χ1v) is 6.85. The molecule has 0 radical (unpaired) electrons. The summed E-state index contributed by atoms with van der Waals surface area (Å²) in [5.74, 6) is 0.364. The Morgan fingerprint density at radius 3 is 2.78 bits per heavy atom. The van der Waals surface area contributed by atoms with Crippen molar-refractivity contribution in [3.63, 3.8) is 0 Å². The van der Waals surface area contributed by atoms with E-state index < -0.39 is 0 Å². The molecule has 100 valence electrons. The minimum Gasteiger partial charge on any atom is -0.391 e. The van der Waals surface area contributed by atoms with Gasteiger partial charge in [0.2, 0.25) is 0 Å². The van der Waals surface area contributed by atoms with Crippen LogP contribution in [0.4, 0.5) is 5.69 Å². The number of aliphatic hydroxyl groups excluding tert-OH is 1. The zero-order valence-corrected chi connectivity index (χ0v) is 11.7. The number of β-amino-alcohol motifs (C(OH)–C–C–N with tert-alkyl or cyclic N) is 1. The summed E-state index contributed by atoms with van der Waals surface area (Å²) in [5.41, 5.74) is 7.87. The number of hydrogen-bond acceptors (Lipinski definition) is 3. The lowest BCUT2D eigenvalue weighted by Crippen LogP contribution is -2.43. The Balaban J connectivity index is 2.19. The molecule has 3 nitrogen and oxygen atoms in total. The number of hydrogen-bond donors (Lipinski definition) is 2. The minimum absolute atomic E-state index is 0.0106. The van der Waals surface area contributed by atoms with Crippen LogP contribution in [0.25, 0.3) is 0 Å². The fraction of sp³-hybridized carbons (Fsp3) is 0.571. The minimum atomic E-state index is -0.275. The Bertz CT molecular complexity index is 422. The van der Waals surface area contributed by atoms with E-state index in [1.807, 2.05) is 25.1 Å². The molecule has 1 aliphatic heterocycles. The lowest BCUT2D eigenvalue weighted by Gasteiger charge is -2.36. The van der Waals surface area contributed by atoms with Gasteiger partial charge in [-0.05, 0) is 37.0 Å². The standard InChI is InChI=1S/C14H21ClN2O/c1-9-5-6-17(8-14(9)18)13-4-3-11(10(2)16)7-12(13)15/h3-4,7,9-10,14,18H,5-6,8,16H2,1-2H3. The summed E-state index contributed by atoms with van der Waals surface area (Å²) in [6.07, 6.45) is 0.718. The Kier molecular flexibility index (Phi) is 4.15. The largest absolute Gasteiger partial charge is 0.391 e. The summed E-state index contributed by atoms with van der Waals surface area (Å²) < 4.78 is 0. The molecule has 1 aromatic carbocycles. The predicted octanol–water partition coefficient (Wildman–Crippen LogP) is 2.57. The topological polar surface area (TPSA) is 49.5 Å². The van der Waals surface area contributed by atoms with Gasteiger partial charge in [-0.15, -0.1) is 0 Å². The molecule has 0 saturated carbocycles. The monoisotopic (exact) mass is 268 g/mol. The molecule has 2 rings (SSSR count). The lowest BCUT2D eigenvalue weighted by molar-refractivity contribution is 0.103. The van der Waals surface area contributed by atoms with E-state index in [1.165, 1.54) is 0 Å². The second-order valence-corrected chi connectivity index (χ2v) is 5.69. The summed E-state index contributed by atoms with van der Waals surface area (Å²) >= 11 is 6.31. The van der Waals surface area contributed by atoms with Crippen molar-refractivity contribution in [2.45, 2.75) is 32.4 Å². The molecule has 1 aliphatic rings. The molecule has 18 heavy (non-hydrogen) atoms. The van der Waals surface area contributed by atoms with Gasteiger partial charge in [-0.25, -0.2) is 0 Å². The maximum Gasteiger partial charge on any atom is 0.0741 e. The first-order chi connectivity index (χ1) is 8.49. The van der Waals surface area contributed by atoms with E-state index in [2.05, 4.69) is 11.8 Å². The zero-order chi connectivity index (χ0) is 13.3. The molecule has 1 fully saturated rings. The number of nitrogens with two attached hydrogens (primary N) is 1. The van der Waals surface area contributed by atoms with Crippen LogP contribution >= 0.6 is 11.6 Å². The van der Waals surface area contributed by atoms with Crippen LogP contribution < -0.4 is 10.6 Å². The average molecular weight is 269 g/mol.